The number of carboxylic acids is 1. The summed E-state index contributed by atoms with van der Waals surface area (Å²) in [4.78, 5) is 36.9. The van der Waals surface area contributed by atoms with Gasteiger partial charge >= 0.3 is 12.1 Å². The van der Waals surface area contributed by atoms with E-state index in [4.69, 9.17) is 9.47 Å². The van der Waals surface area contributed by atoms with Crippen molar-refractivity contribution in [1.82, 2.24) is 10.6 Å². The van der Waals surface area contributed by atoms with Crippen LogP contribution in [0.3, 0.4) is 0 Å². The molecule has 3 rings (SSSR count). The minimum atomic E-state index is -1.17. The van der Waals surface area contributed by atoms with Crippen molar-refractivity contribution < 1.29 is 29.0 Å². The second-order valence-electron chi connectivity index (χ2n) is 9.00. The molecule has 0 heterocycles. The van der Waals surface area contributed by atoms with Gasteiger partial charge in [0, 0.05) is 19.4 Å². The molecule has 2 atom stereocenters. The van der Waals surface area contributed by atoms with Gasteiger partial charge in [-0.2, -0.15) is 0 Å². The maximum Gasteiger partial charge on any atom is 0.407 e. The summed E-state index contributed by atoms with van der Waals surface area (Å²) in [6, 6.07) is 13.9. The van der Waals surface area contributed by atoms with Crippen molar-refractivity contribution >= 4 is 18.0 Å². The molecule has 0 spiro atoms. The van der Waals surface area contributed by atoms with E-state index in [0.717, 1.165) is 22.3 Å². The van der Waals surface area contributed by atoms with E-state index in [1.807, 2.05) is 36.4 Å². The molecular weight excluding hydrogens is 436 g/mol. The Balaban J connectivity index is 1.61. The van der Waals surface area contributed by atoms with E-state index in [-0.39, 0.29) is 25.4 Å². The predicted octanol–water partition coefficient (Wildman–Crippen LogP) is 3.69. The number of aliphatic carboxylic acids is 1. The van der Waals surface area contributed by atoms with E-state index in [2.05, 4.69) is 22.8 Å². The van der Waals surface area contributed by atoms with Gasteiger partial charge in [0.1, 0.15) is 18.7 Å². The summed E-state index contributed by atoms with van der Waals surface area (Å²) in [5, 5.41) is 14.6. The van der Waals surface area contributed by atoms with E-state index in [1.165, 1.54) is 7.11 Å². The number of hydrogen-bond donors (Lipinski definition) is 3. The fourth-order valence-corrected chi connectivity index (χ4v) is 4.18. The Hall–Kier alpha value is -3.39. The van der Waals surface area contributed by atoms with Crippen LogP contribution in [-0.4, -0.2) is 54.5 Å². The lowest BCUT2D eigenvalue weighted by atomic mass is 9.98. The Bertz CT molecular complexity index is 1010. The van der Waals surface area contributed by atoms with Gasteiger partial charge in [-0.1, -0.05) is 55.5 Å². The van der Waals surface area contributed by atoms with Crippen LogP contribution < -0.4 is 10.6 Å². The number of amides is 2. The molecule has 8 nitrogen and oxygen atoms in total. The monoisotopic (exact) mass is 468 g/mol. The van der Waals surface area contributed by atoms with Crippen molar-refractivity contribution in [1.29, 1.82) is 0 Å². The molecule has 2 aromatic carbocycles. The van der Waals surface area contributed by atoms with Crippen LogP contribution in [0.4, 0.5) is 4.79 Å². The maximum atomic E-state index is 12.7. The van der Waals surface area contributed by atoms with Crippen LogP contribution in [0, 0.1) is 0 Å². The number of ether oxygens (including phenoxy) is 2. The highest BCUT2D eigenvalue weighted by molar-refractivity contribution is 5.89. The highest BCUT2D eigenvalue weighted by atomic mass is 16.5. The normalized spacial score (nSPS) is 14.5. The zero-order chi connectivity index (χ0) is 24.9. The summed E-state index contributed by atoms with van der Waals surface area (Å²) in [7, 11) is 1.48. The first-order chi connectivity index (χ1) is 16.2. The number of fused-ring (bicyclic) bond motifs is 3. The summed E-state index contributed by atoms with van der Waals surface area (Å²) < 4.78 is 10.8. The molecular formula is C26H32N2O6. The van der Waals surface area contributed by atoms with Gasteiger partial charge in [-0.15, -0.1) is 0 Å². The van der Waals surface area contributed by atoms with E-state index in [1.54, 1.807) is 20.8 Å². The van der Waals surface area contributed by atoms with Crippen molar-refractivity contribution in [3.05, 3.63) is 59.7 Å². The number of methoxy groups -OCH3 is 1. The molecule has 182 valence electrons. The quantitative estimate of drug-likeness (QED) is 0.490. The number of hydrogen-bond acceptors (Lipinski definition) is 5. The number of alkyl carbamates (subject to hydrolysis) is 1. The fraction of sp³-hybridized carbons (Fsp3) is 0.423. The third-order valence-electron chi connectivity index (χ3n) is 6.22. The van der Waals surface area contributed by atoms with E-state index in [9.17, 15) is 19.5 Å². The van der Waals surface area contributed by atoms with Gasteiger partial charge in [0.2, 0.25) is 5.91 Å². The third kappa shape index (κ3) is 5.75. The molecule has 8 heteroatoms. The van der Waals surface area contributed by atoms with Crippen LogP contribution in [0.2, 0.25) is 0 Å². The molecule has 2 unspecified atom stereocenters. The van der Waals surface area contributed by atoms with Crippen LogP contribution in [0.5, 0.6) is 0 Å². The molecule has 2 amide bonds. The van der Waals surface area contributed by atoms with Gasteiger partial charge in [0.25, 0.3) is 0 Å². The van der Waals surface area contributed by atoms with Crippen LogP contribution in [-0.2, 0) is 19.1 Å². The van der Waals surface area contributed by atoms with Gasteiger partial charge in [-0.3, -0.25) is 4.79 Å². The SMILES string of the molecule is CCC(NC(=O)OCC1c2ccccc2-c2ccccc21)C(=O)NC(CC(C)(C)OC)C(=O)O. The summed E-state index contributed by atoms with van der Waals surface area (Å²) in [5.41, 5.74) is 3.68. The predicted molar refractivity (Wildman–Crippen MR) is 128 cm³/mol. The molecule has 0 fully saturated rings. The van der Waals surface area contributed by atoms with Gasteiger partial charge in [-0.05, 0) is 42.5 Å². The summed E-state index contributed by atoms with van der Waals surface area (Å²) in [6.07, 6.45) is -0.380. The Labute approximate surface area is 199 Å². The first-order valence-corrected chi connectivity index (χ1v) is 11.4. The highest BCUT2D eigenvalue weighted by Gasteiger charge is 2.32. The number of rotatable bonds is 10. The van der Waals surface area contributed by atoms with E-state index < -0.39 is 35.7 Å². The number of benzene rings is 2. The lowest BCUT2D eigenvalue weighted by molar-refractivity contribution is -0.144. The van der Waals surface area contributed by atoms with Crippen LogP contribution >= 0.6 is 0 Å². The first kappa shape index (κ1) is 25.2. The summed E-state index contributed by atoms with van der Waals surface area (Å²) in [6.45, 7) is 5.32. The van der Waals surface area contributed by atoms with Crippen molar-refractivity contribution in [2.24, 2.45) is 0 Å². The average Bonchev–Trinajstić information content (AvgIpc) is 3.14. The van der Waals surface area contributed by atoms with Crippen molar-refractivity contribution in [2.45, 2.75) is 57.2 Å². The molecule has 1 aliphatic rings. The number of carbonyl (C=O) groups excluding carboxylic acids is 2. The highest BCUT2D eigenvalue weighted by Crippen LogP contribution is 2.44. The first-order valence-electron chi connectivity index (χ1n) is 11.4. The van der Waals surface area contributed by atoms with Crippen molar-refractivity contribution in [3.63, 3.8) is 0 Å². The minimum absolute atomic E-state index is 0.0753. The van der Waals surface area contributed by atoms with Gasteiger partial charge in [-0.25, -0.2) is 9.59 Å². The number of carboxylic acid groups (broad SMARTS) is 1. The zero-order valence-corrected chi connectivity index (χ0v) is 20.0. The van der Waals surface area contributed by atoms with Crippen LogP contribution in [0.25, 0.3) is 11.1 Å². The van der Waals surface area contributed by atoms with Crippen molar-refractivity contribution in [3.8, 4) is 11.1 Å². The maximum absolute atomic E-state index is 12.7. The minimum Gasteiger partial charge on any atom is -0.480 e. The Kier molecular flexibility index (Phi) is 7.94. The molecule has 0 bridgehead atoms. The number of nitrogens with one attached hydrogen (secondary N) is 2. The Morgan fingerprint density at radius 3 is 2.03 bits per heavy atom. The average molecular weight is 469 g/mol. The molecule has 0 aromatic heterocycles. The molecule has 0 aliphatic heterocycles. The summed E-state index contributed by atoms with van der Waals surface area (Å²) >= 11 is 0. The molecule has 1 aliphatic carbocycles. The summed E-state index contributed by atoms with van der Waals surface area (Å²) in [5.74, 6) is -1.86. The second-order valence-corrected chi connectivity index (χ2v) is 9.00. The zero-order valence-electron chi connectivity index (χ0n) is 20.0. The largest absolute Gasteiger partial charge is 0.480 e. The molecule has 0 saturated carbocycles. The molecule has 34 heavy (non-hydrogen) atoms. The molecule has 0 saturated heterocycles. The molecule has 2 aromatic rings. The fourth-order valence-electron chi connectivity index (χ4n) is 4.18. The third-order valence-corrected chi connectivity index (χ3v) is 6.22. The standard InChI is InChI=1S/C26H32N2O6/c1-5-21(23(29)27-22(24(30)31)14-26(2,3)33-4)28-25(32)34-15-20-18-12-8-6-10-16(18)17-11-7-9-13-19(17)20/h6-13,20-22H,5,14-15H2,1-4H3,(H,27,29)(H,28,32)(H,30,31). The lowest BCUT2D eigenvalue weighted by Crippen LogP contribution is -2.53. The van der Waals surface area contributed by atoms with Gasteiger partial charge in [0.15, 0.2) is 0 Å². The van der Waals surface area contributed by atoms with Gasteiger partial charge in [0.05, 0.1) is 5.60 Å². The molecule has 0 radical (unpaired) electrons. The second kappa shape index (κ2) is 10.7. The molecule has 3 N–H and O–H groups in total. The topological polar surface area (TPSA) is 114 Å². The van der Waals surface area contributed by atoms with Crippen LogP contribution in [0.15, 0.2) is 48.5 Å². The number of carbonyl (C=O) groups is 3. The van der Waals surface area contributed by atoms with Crippen molar-refractivity contribution in [2.75, 3.05) is 13.7 Å². The van der Waals surface area contributed by atoms with Crippen LogP contribution in [0.1, 0.15) is 50.7 Å². The smallest absolute Gasteiger partial charge is 0.407 e. The van der Waals surface area contributed by atoms with E-state index >= 15 is 0 Å². The Morgan fingerprint density at radius 2 is 1.53 bits per heavy atom. The van der Waals surface area contributed by atoms with E-state index in [0.29, 0.717) is 0 Å². The van der Waals surface area contributed by atoms with Gasteiger partial charge < -0.3 is 25.2 Å². The Morgan fingerprint density at radius 1 is 0.971 bits per heavy atom. The lowest BCUT2D eigenvalue weighted by Gasteiger charge is -2.28.